The van der Waals surface area contributed by atoms with Crippen LogP contribution in [0.3, 0.4) is 0 Å². The first-order valence-electron chi connectivity index (χ1n) is 8.47. The molecule has 0 radical (unpaired) electrons. The minimum Gasteiger partial charge on any atom is -0.409 e. The van der Waals surface area contributed by atoms with E-state index in [9.17, 15) is 23.1 Å². The predicted molar refractivity (Wildman–Crippen MR) is 108 cm³/mol. The molecule has 3 rings (SSSR count). The lowest BCUT2D eigenvalue weighted by Crippen LogP contribution is -2.67. The van der Waals surface area contributed by atoms with Gasteiger partial charge in [-0.3, -0.25) is 0 Å². The second kappa shape index (κ2) is 8.43. The molecule has 1 aromatic carbocycles. The number of hydrogen-bond acceptors (Lipinski definition) is 9. The second-order valence-corrected chi connectivity index (χ2v) is 9.80. The molecule has 2 heterocycles. The van der Waals surface area contributed by atoms with Gasteiger partial charge in [-0.05, 0) is 44.4 Å². The normalized spacial score (nSPS) is 17.1. The van der Waals surface area contributed by atoms with Crippen LogP contribution in [0.4, 0.5) is 15.9 Å². The van der Waals surface area contributed by atoms with Crippen molar-refractivity contribution in [3.63, 3.8) is 0 Å². The summed E-state index contributed by atoms with van der Waals surface area (Å²) in [7, 11) is -0.803. The Morgan fingerprint density at radius 1 is 1.43 bits per heavy atom. The van der Waals surface area contributed by atoms with E-state index < -0.39 is 21.6 Å². The van der Waals surface area contributed by atoms with Crippen molar-refractivity contribution >= 4 is 43.5 Å². The van der Waals surface area contributed by atoms with Crippen molar-refractivity contribution in [2.45, 2.75) is 5.60 Å². The molecule has 0 bridgehead atoms. The molecule has 164 valence electrons. The summed E-state index contributed by atoms with van der Waals surface area (Å²) >= 11 is 3.06. The number of aliphatic hydroxyl groups is 1. The van der Waals surface area contributed by atoms with Crippen LogP contribution in [0, 0.1) is 5.82 Å². The quantitative estimate of drug-likeness (QED) is 0.181. The van der Waals surface area contributed by atoms with E-state index in [0.717, 1.165) is 8.61 Å². The van der Waals surface area contributed by atoms with E-state index in [4.69, 9.17) is 0 Å². The molecule has 1 fully saturated rings. The Kier molecular flexibility index (Phi) is 6.28. The summed E-state index contributed by atoms with van der Waals surface area (Å²) in [6.07, 6.45) is 0. The SMILES string of the molecule is CN(C)S(=O)(=O)N1CC(O)(CNc2nonc2/C(=N/O)Nc2ccc(F)c(Br)c2)C1. The number of oxime groups is 1. The van der Waals surface area contributed by atoms with Gasteiger partial charge in [0.25, 0.3) is 10.2 Å². The Labute approximate surface area is 179 Å². The fraction of sp³-hybridized carbons (Fsp3) is 0.400. The van der Waals surface area contributed by atoms with Gasteiger partial charge in [0, 0.05) is 39.4 Å². The monoisotopic (exact) mass is 507 g/mol. The fourth-order valence-electron chi connectivity index (χ4n) is 2.67. The number of hydrogen-bond donors (Lipinski definition) is 4. The van der Waals surface area contributed by atoms with E-state index in [1.165, 1.54) is 32.3 Å². The number of anilines is 2. The van der Waals surface area contributed by atoms with Gasteiger partial charge in [-0.2, -0.15) is 17.0 Å². The highest BCUT2D eigenvalue weighted by Crippen LogP contribution is 2.26. The Balaban J connectivity index is 1.66. The van der Waals surface area contributed by atoms with E-state index in [2.05, 4.69) is 46.7 Å². The predicted octanol–water partition coefficient (Wildman–Crippen LogP) is 0.484. The lowest BCUT2D eigenvalue weighted by Gasteiger charge is -2.45. The Hall–Kier alpha value is -2.33. The molecule has 30 heavy (non-hydrogen) atoms. The van der Waals surface area contributed by atoms with Crippen LogP contribution < -0.4 is 10.6 Å². The molecular weight excluding hydrogens is 489 g/mol. The molecule has 1 saturated heterocycles. The first-order chi connectivity index (χ1) is 14.1. The van der Waals surface area contributed by atoms with Gasteiger partial charge in [0.1, 0.15) is 11.4 Å². The molecule has 0 saturated carbocycles. The maximum absolute atomic E-state index is 13.4. The third-order valence-electron chi connectivity index (χ3n) is 4.31. The largest absolute Gasteiger partial charge is 0.409 e. The van der Waals surface area contributed by atoms with Crippen molar-refractivity contribution in [3.05, 3.63) is 34.2 Å². The maximum atomic E-state index is 13.4. The lowest BCUT2D eigenvalue weighted by molar-refractivity contribution is -0.0492. The number of aromatic nitrogens is 2. The van der Waals surface area contributed by atoms with Gasteiger partial charge in [0.15, 0.2) is 5.69 Å². The minimum absolute atomic E-state index is 0.00126. The standard InChI is InChI=1S/C15H19BrFN7O5S/c1-23(2)30(27,28)24-7-15(25,8-24)6-18-13-12(21-29-22-13)14(20-26)19-9-3-4-11(17)10(16)5-9/h3-5,25-26H,6-8H2,1-2H3,(H,18,22)(H,19,20). The third-order valence-corrected chi connectivity index (χ3v) is 6.75. The summed E-state index contributed by atoms with van der Waals surface area (Å²) in [4.78, 5) is 0. The summed E-state index contributed by atoms with van der Waals surface area (Å²) in [5.41, 5.74) is -0.934. The first-order valence-corrected chi connectivity index (χ1v) is 10.7. The van der Waals surface area contributed by atoms with Crippen LogP contribution in [0.25, 0.3) is 0 Å². The smallest absolute Gasteiger partial charge is 0.281 e. The highest BCUT2D eigenvalue weighted by Gasteiger charge is 2.47. The van der Waals surface area contributed by atoms with E-state index in [1.807, 2.05) is 0 Å². The van der Waals surface area contributed by atoms with E-state index >= 15 is 0 Å². The Bertz CT molecular complexity index is 1060. The van der Waals surface area contributed by atoms with Crippen LogP contribution in [0.1, 0.15) is 5.69 Å². The van der Waals surface area contributed by atoms with Crippen LogP contribution in [-0.4, -0.2) is 82.8 Å². The van der Waals surface area contributed by atoms with E-state index in [-0.39, 0.29) is 41.5 Å². The number of benzene rings is 1. The van der Waals surface area contributed by atoms with Gasteiger partial charge in [-0.1, -0.05) is 5.16 Å². The summed E-state index contributed by atoms with van der Waals surface area (Å²) < 4.78 is 44.5. The van der Waals surface area contributed by atoms with Gasteiger partial charge < -0.3 is 20.9 Å². The molecule has 1 aromatic heterocycles. The van der Waals surface area contributed by atoms with Gasteiger partial charge >= 0.3 is 0 Å². The zero-order valence-corrected chi connectivity index (χ0v) is 18.3. The Morgan fingerprint density at radius 2 is 2.13 bits per heavy atom. The van der Waals surface area contributed by atoms with Crippen molar-refractivity contribution in [2.75, 3.05) is 44.4 Å². The maximum Gasteiger partial charge on any atom is 0.281 e. The highest BCUT2D eigenvalue weighted by molar-refractivity contribution is 9.10. The molecule has 0 unspecified atom stereocenters. The molecule has 1 aliphatic heterocycles. The second-order valence-electron chi connectivity index (χ2n) is 6.80. The minimum atomic E-state index is -3.61. The van der Waals surface area contributed by atoms with E-state index in [1.54, 1.807) is 0 Å². The first kappa shape index (κ1) is 22.4. The number of nitrogens with one attached hydrogen (secondary N) is 2. The van der Waals surface area contributed by atoms with Crippen LogP contribution in [0.15, 0.2) is 32.5 Å². The Morgan fingerprint density at radius 3 is 2.73 bits per heavy atom. The molecule has 1 aliphatic rings. The number of amidine groups is 1. The zero-order valence-electron chi connectivity index (χ0n) is 15.9. The van der Waals surface area contributed by atoms with Gasteiger partial charge in [0.2, 0.25) is 11.7 Å². The number of β-amino-alcohol motifs (C(OH)–C–C–N with tert-alkyl or cyclic N) is 1. The summed E-state index contributed by atoms with van der Waals surface area (Å²) in [6.45, 7) is -0.275. The molecule has 0 atom stereocenters. The van der Waals surface area contributed by atoms with Gasteiger partial charge in [-0.25, -0.2) is 9.02 Å². The molecule has 0 aliphatic carbocycles. The van der Waals surface area contributed by atoms with Crippen LogP contribution in [0.2, 0.25) is 0 Å². The van der Waals surface area contributed by atoms with Gasteiger partial charge in [0.05, 0.1) is 4.47 Å². The van der Waals surface area contributed by atoms with Crippen LogP contribution >= 0.6 is 15.9 Å². The summed E-state index contributed by atoms with van der Waals surface area (Å²) in [5.74, 6) is -0.555. The number of nitrogens with zero attached hydrogens (tertiary/aromatic N) is 5. The van der Waals surface area contributed by atoms with Crippen molar-refractivity contribution in [1.29, 1.82) is 0 Å². The van der Waals surface area contributed by atoms with Crippen molar-refractivity contribution in [2.24, 2.45) is 5.16 Å². The molecular formula is C15H19BrFN7O5S. The fourth-order valence-corrected chi connectivity index (χ4v) is 4.31. The van der Waals surface area contributed by atoms with E-state index in [0.29, 0.717) is 5.69 Å². The molecule has 0 spiro atoms. The highest BCUT2D eigenvalue weighted by atomic mass is 79.9. The number of rotatable bonds is 7. The zero-order chi connectivity index (χ0) is 22.1. The molecule has 2 aromatic rings. The van der Waals surface area contributed by atoms with Crippen LogP contribution in [0.5, 0.6) is 0 Å². The van der Waals surface area contributed by atoms with Crippen LogP contribution in [-0.2, 0) is 10.2 Å². The molecule has 12 nitrogen and oxygen atoms in total. The topological polar surface area (TPSA) is 156 Å². The average Bonchev–Trinajstić information content (AvgIpc) is 3.13. The molecule has 15 heteroatoms. The molecule has 0 amide bonds. The van der Waals surface area contributed by atoms with Crippen molar-refractivity contribution in [3.8, 4) is 0 Å². The van der Waals surface area contributed by atoms with Gasteiger partial charge in [-0.15, -0.1) is 0 Å². The summed E-state index contributed by atoms with van der Waals surface area (Å²) in [5, 5.41) is 35.8. The third kappa shape index (κ3) is 4.54. The molecule has 4 N–H and O–H groups in total. The lowest BCUT2D eigenvalue weighted by atomic mass is 9.97. The van der Waals surface area contributed by atoms with Crippen molar-refractivity contribution < 1.29 is 27.8 Å². The van der Waals surface area contributed by atoms with Crippen molar-refractivity contribution in [1.82, 2.24) is 18.9 Å². The summed E-state index contributed by atoms with van der Waals surface area (Å²) in [6, 6.07) is 4.06. The number of halogens is 2. The average molecular weight is 508 g/mol.